The number of benzene rings is 5. The summed E-state index contributed by atoms with van der Waals surface area (Å²) in [6.07, 6.45) is 1.89. The van der Waals surface area contributed by atoms with E-state index in [0.29, 0.717) is 38.6 Å². The minimum absolute atomic E-state index is 0.460. The molecule has 0 fully saturated rings. The number of ether oxygens (including phenoxy) is 3. The van der Waals surface area contributed by atoms with Crippen LogP contribution in [0.1, 0.15) is 11.1 Å². The van der Waals surface area contributed by atoms with Crippen molar-refractivity contribution in [3.63, 3.8) is 0 Å². The molecular formula is C40H34BrN3O3. The predicted molar refractivity (Wildman–Crippen MR) is 193 cm³/mol. The summed E-state index contributed by atoms with van der Waals surface area (Å²) in [5, 5.41) is 10.8. The summed E-state index contributed by atoms with van der Waals surface area (Å²) in [6.45, 7) is 2.75. The molecule has 0 aliphatic rings. The van der Waals surface area contributed by atoms with Crippen LogP contribution in [-0.2, 0) is 9.47 Å². The molecule has 0 aliphatic heterocycles. The van der Waals surface area contributed by atoms with Gasteiger partial charge in [0.15, 0.2) is 0 Å². The lowest BCUT2D eigenvalue weighted by Gasteiger charge is -2.10. The maximum atomic E-state index is 9.94. The van der Waals surface area contributed by atoms with E-state index in [1.54, 1.807) is 0 Å². The number of rotatable bonds is 14. The molecule has 0 saturated carbocycles. The van der Waals surface area contributed by atoms with Crippen molar-refractivity contribution in [2.24, 2.45) is 0 Å². The van der Waals surface area contributed by atoms with E-state index in [9.17, 15) is 5.26 Å². The Labute approximate surface area is 283 Å². The first kappa shape index (κ1) is 32.0. The van der Waals surface area contributed by atoms with Gasteiger partial charge in [-0.25, -0.2) is 4.98 Å². The normalized spacial score (nSPS) is 11.4. The molecule has 0 aliphatic carbocycles. The third kappa shape index (κ3) is 8.05. The maximum absolute atomic E-state index is 9.94. The average Bonchev–Trinajstić information content (AvgIpc) is 3.53. The number of imidazole rings is 1. The van der Waals surface area contributed by atoms with Gasteiger partial charge in [-0.3, -0.25) is 4.57 Å². The van der Waals surface area contributed by atoms with E-state index in [0.717, 1.165) is 61.4 Å². The van der Waals surface area contributed by atoms with Gasteiger partial charge >= 0.3 is 0 Å². The number of hydrogen-bond donors (Lipinski definition) is 0. The lowest BCUT2D eigenvalue weighted by molar-refractivity contribution is 0.0414. The van der Waals surface area contributed by atoms with E-state index in [1.807, 2.05) is 78.9 Å². The van der Waals surface area contributed by atoms with Crippen molar-refractivity contribution in [2.45, 2.75) is 0 Å². The van der Waals surface area contributed by atoms with Crippen molar-refractivity contribution < 1.29 is 14.2 Å². The summed E-state index contributed by atoms with van der Waals surface area (Å²) in [4.78, 5) is 4.98. The predicted octanol–water partition coefficient (Wildman–Crippen LogP) is 9.23. The lowest BCUT2D eigenvalue weighted by atomic mass is 9.99. The fourth-order valence-corrected chi connectivity index (χ4v) is 5.54. The van der Waals surface area contributed by atoms with Gasteiger partial charge in [-0.1, -0.05) is 107 Å². The number of aromatic nitrogens is 2. The maximum Gasteiger partial charge on any atom is 0.145 e. The van der Waals surface area contributed by atoms with E-state index in [-0.39, 0.29) is 0 Å². The minimum Gasteiger partial charge on any atom is -0.491 e. The van der Waals surface area contributed by atoms with Crippen molar-refractivity contribution in [3.8, 4) is 40.0 Å². The minimum atomic E-state index is 0.460. The summed E-state index contributed by atoms with van der Waals surface area (Å²) in [5.74, 6) is 1.66. The van der Waals surface area contributed by atoms with E-state index in [2.05, 4.69) is 81.2 Å². The summed E-state index contributed by atoms with van der Waals surface area (Å²) < 4.78 is 18.8. The Kier molecular flexibility index (Phi) is 10.9. The molecule has 6 rings (SSSR count). The van der Waals surface area contributed by atoms with Crippen molar-refractivity contribution in [1.82, 2.24) is 9.55 Å². The lowest BCUT2D eigenvalue weighted by Crippen LogP contribution is -2.11. The zero-order valence-electron chi connectivity index (χ0n) is 25.9. The number of nitriles is 1. The molecule has 234 valence electrons. The molecule has 6 aromatic rings. The highest BCUT2D eigenvalue weighted by molar-refractivity contribution is 9.09. The summed E-state index contributed by atoms with van der Waals surface area (Å²) in [7, 11) is 0. The Morgan fingerprint density at radius 3 is 2.00 bits per heavy atom. The molecule has 0 spiro atoms. The third-order valence-corrected chi connectivity index (χ3v) is 7.97. The van der Waals surface area contributed by atoms with Gasteiger partial charge in [0, 0.05) is 16.6 Å². The van der Waals surface area contributed by atoms with Crippen molar-refractivity contribution in [3.05, 3.63) is 139 Å². The van der Waals surface area contributed by atoms with Crippen LogP contribution >= 0.6 is 15.9 Å². The molecule has 7 heteroatoms. The zero-order valence-corrected chi connectivity index (χ0v) is 27.5. The number of nitrogens with zero attached hydrogens (tertiary/aromatic N) is 3. The monoisotopic (exact) mass is 683 g/mol. The molecule has 1 heterocycles. The molecule has 6 nitrogen and oxygen atoms in total. The fourth-order valence-electron chi connectivity index (χ4n) is 5.31. The summed E-state index contributed by atoms with van der Waals surface area (Å²) in [6, 6.07) is 45.2. The SMILES string of the molecule is N#C/C(=C\c1ccc(OCCOCCOCCBr)cc1)c1ccc(-c2ccc(-c3nc4ccccc4n3-c3ccccc3)cc2)cc1. The van der Waals surface area contributed by atoms with Gasteiger partial charge in [-0.05, 0) is 64.7 Å². The molecule has 0 unspecified atom stereocenters. The molecule has 5 aromatic carbocycles. The Morgan fingerprint density at radius 1 is 0.681 bits per heavy atom. The van der Waals surface area contributed by atoms with Crippen LogP contribution in [-0.4, -0.2) is 47.9 Å². The number of fused-ring (bicyclic) bond motifs is 1. The fraction of sp³-hybridized carbons (Fsp3) is 0.150. The standard InChI is InChI=1S/C40H34BrN3O3/c41-22-23-45-24-25-46-26-27-47-37-20-10-30(11-21-37)28-35(29-42)33-14-12-31(13-15-33)32-16-18-34(19-17-32)40-43-38-8-4-5-9-39(38)44(40)36-6-2-1-3-7-36/h1-21,28H,22-27H2/b35-28+. The second-order valence-corrected chi connectivity index (χ2v) is 11.5. The van der Waals surface area contributed by atoms with Crippen LogP contribution in [0.4, 0.5) is 0 Å². The first-order chi connectivity index (χ1) is 23.2. The highest BCUT2D eigenvalue weighted by Crippen LogP contribution is 2.31. The molecule has 0 radical (unpaired) electrons. The zero-order chi connectivity index (χ0) is 32.3. The molecule has 0 saturated heterocycles. The van der Waals surface area contributed by atoms with Crippen molar-refractivity contribution in [1.29, 1.82) is 5.26 Å². The molecule has 0 atom stereocenters. The van der Waals surface area contributed by atoms with Crippen LogP contribution in [0, 0.1) is 11.3 Å². The average molecular weight is 685 g/mol. The van der Waals surface area contributed by atoms with Crippen LogP contribution < -0.4 is 4.74 Å². The smallest absolute Gasteiger partial charge is 0.145 e. The number of alkyl halides is 1. The van der Waals surface area contributed by atoms with Gasteiger partial charge < -0.3 is 14.2 Å². The molecule has 0 amide bonds. The first-order valence-corrected chi connectivity index (χ1v) is 16.7. The number of halogens is 1. The van der Waals surface area contributed by atoms with Crippen molar-refractivity contribution in [2.75, 3.05) is 38.4 Å². The molecule has 0 N–H and O–H groups in total. The quantitative estimate of drug-likeness (QED) is 0.0495. The highest BCUT2D eigenvalue weighted by Gasteiger charge is 2.14. The molecule has 47 heavy (non-hydrogen) atoms. The van der Waals surface area contributed by atoms with Gasteiger partial charge in [0.2, 0.25) is 0 Å². The van der Waals surface area contributed by atoms with E-state index < -0.39 is 0 Å². The highest BCUT2D eigenvalue weighted by atomic mass is 79.9. The van der Waals surface area contributed by atoms with Crippen molar-refractivity contribution >= 4 is 38.6 Å². The topological polar surface area (TPSA) is 69.3 Å². The van der Waals surface area contributed by atoms with Gasteiger partial charge in [-0.2, -0.15) is 5.26 Å². The summed E-state index contributed by atoms with van der Waals surface area (Å²) in [5.41, 5.74) is 8.69. The van der Waals surface area contributed by atoms with Crippen LogP contribution in [0.5, 0.6) is 5.75 Å². The van der Waals surface area contributed by atoms with Gasteiger partial charge in [0.1, 0.15) is 18.2 Å². The van der Waals surface area contributed by atoms with Gasteiger partial charge in [-0.15, -0.1) is 0 Å². The van der Waals surface area contributed by atoms with Crippen LogP contribution in [0.2, 0.25) is 0 Å². The second kappa shape index (κ2) is 16.0. The summed E-state index contributed by atoms with van der Waals surface area (Å²) >= 11 is 3.32. The number of hydrogen-bond acceptors (Lipinski definition) is 5. The molecular weight excluding hydrogens is 650 g/mol. The Bertz CT molecular complexity index is 1960. The first-order valence-electron chi connectivity index (χ1n) is 15.5. The van der Waals surface area contributed by atoms with Gasteiger partial charge in [0.25, 0.3) is 0 Å². The Balaban J connectivity index is 1.11. The van der Waals surface area contributed by atoms with Gasteiger partial charge in [0.05, 0.1) is 49.1 Å². The van der Waals surface area contributed by atoms with Crippen LogP contribution in [0.15, 0.2) is 127 Å². The van der Waals surface area contributed by atoms with Crippen LogP contribution in [0.3, 0.4) is 0 Å². The third-order valence-electron chi connectivity index (χ3n) is 7.65. The van der Waals surface area contributed by atoms with E-state index in [1.165, 1.54) is 0 Å². The van der Waals surface area contributed by atoms with Crippen LogP contribution in [0.25, 0.3) is 50.9 Å². The molecule has 0 bridgehead atoms. The largest absolute Gasteiger partial charge is 0.491 e. The van der Waals surface area contributed by atoms with E-state index in [4.69, 9.17) is 19.2 Å². The number of para-hydroxylation sites is 3. The van der Waals surface area contributed by atoms with E-state index >= 15 is 0 Å². The number of allylic oxidation sites excluding steroid dienone is 1. The Morgan fingerprint density at radius 2 is 1.30 bits per heavy atom. The molecule has 1 aromatic heterocycles. The second-order valence-electron chi connectivity index (χ2n) is 10.8. The Hall–Kier alpha value is -5.00.